The summed E-state index contributed by atoms with van der Waals surface area (Å²) in [6.07, 6.45) is 5.49. The fraction of sp³-hybridized carbons (Fsp3) is 0. The third-order valence-corrected chi connectivity index (χ3v) is 2.76. The molecule has 1 nitrogen and oxygen atoms in total. The monoisotopic (exact) mass is 199 g/mol. The van der Waals surface area contributed by atoms with Gasteiger partial charge >= 0.3 is 0 Å². The molecule has 2 aromatic heterocycles. The van der Waals surface area contributed by atoms with Crippen molar-refractivity contribution in [1.29, 1.82) is 0 Å². The van der Waals surface area contributed by atoms with Crippen LogP contribution < -0.4 is 0 Å². The lowest BCUT2D eigenvalue weighted by Crippen LogP contribution is -1.73. The van der Waals surface area contributed by atoms with E-state index in [1.54, 1.807) is 23.7 Å². The van der Waals surface area contributed by atoms with Gasteiger partial charge in [0.15, 0.2) is 0 Å². The Morgan fingerprint density at radius 3 is 2.79 bits per heavy atom. The highest BCUT2D eigenvalue weighted by Crippen LogP contribution is 2.25. The second kappa shape index (κ2) is 4.05. The highest BCUT2D eigenvalue weighted by Gasteiger charge is 1.99. The highest BCUT2D eigenvalue weighted by molar-refractivity contribution is 7.11. The summed E-state index contributed by atoms with van der Waals surface area (Å²) in [5.41, 5.74) is 5.19. The van der Waals surface area contributed by atoms with E-state index in [-0.39, 0.29) is 0 Å². The van der Waals surface area contributed by atoms with Crippen molar-refractivity contribution < 1.29 is 0 Å². The molecule has 68 valence electrons. The topological polar surface area (TPSA) is 12.9 Å². The molecular formula is C12H9NS. The minimum Gasteiger partial charge on any atom is -0.265 e. The maximum Gasteiger partial charge on any atom is 0.0353 e. The standard InChI is InChI=1S/C12H9NS/c1-2-3-12-8-11(9-14-12)10-4-6-13-7-5-10/h3-9H,1H2. The number of hydrogen-bond donors (Lipinski definition) is 0. The van der Waals surface area contributed by atoms with Gasteiger partial charge < -0.3 is 0 Å². The van der Waals surface area contributed by atoms with Crippen LogP contribution in [0.2, 0.25) is 0 Å². The Bertz CT molecular complexity index is 464. The van der Waals surface area contributed by atoms with E-state index in [1.165, 1.54) is 16.0 Å². The van der Waals surface area contributed by atoms with Gasteiger partial charge in [0, 0.05) is 17.3 Å². The smallest absolute Gasteiger partial charge is 0.0353 e. The van der Waals surface area contributed by atoms with E-state index in [2.05, 4.69) is 28.7 Å². The van der Waals surface area contributed by atoms with Crippen LogP contribution in [0.5, 0.6) is 0 Å². The van der Waals surface area contributed by atoms with Crippen LogP contribution in [0.25, 0.3) is 17.2 Å². The van der Waals surface area contributed by atoms with Crippen molar-refractivity contribution >= 4 is 17.4 Å². The summed E-state index contributed by atoms with van der Waals surface area (Å²) in [4.78, 5) is 5.16. The Morgan fingerprint density at radius 2 is 2.07 bits per heavy atom. The Labute approximate surface area is 87.1 Å². The zero-order chi connectivity index (χ0) is 9.80. The van der Waals surface area contributed by atoms with Crippen LogP contribution in [0.15, 0.2) is 48.3 Å². The first-order valence-corrected chi connectivity index (χ1v) is 5.13. The molecule has 2 heteroatoms. The van der Waals surface area contributed by atoms with Crippen molar-refractivity contribution in [3.8, 4) is 11.1 Å². The molecule has 0 saturated heterocycles. The summed E-state index contributed by atoms with van der Waals surface area (Å²) in [7, 11) is 0. The molecule has 0 radical (unpaired) electrons. The lowest BCUT2D eigenvalue weighted by atomic mass is 10.1. The van der Waals surface area contributed by atoms with Gasteiger partial charge in [-0.15, -0.1) is 17.1 Å². The van der Waals surface area contributed by atoms with Crippen LogP contribution in [0, 0.1) is 0 Å². The molecule has 0 aromatic carbocycles. The molecular weight excluding hydrogens is 190 g/mol. The van der Waals surface area contributed by atoms with Crippen LogP contribution in [0.4, 0.5) is 0 Å². The maximum atomic E-state index is 3.99. The molecule has 0 spiro atoms. The van der Waals surface area contributed by atoms with Gasteiger partial charge in [-0.05, 0) is 40.8 Å². The van der Waals surface area contributed by atoms with Crippen LogP contribution in [-0.2, 0) is 0 Å². The minimum atomic E-state index is 1.17. The SMILES string of the molecule is C=C=Cc1cc(-c2ccncc2)cs1. The molecule has 0 N–H and O–H groups in total. The fourth-order valence-corrected chi connectivity index (χ4v) is 2.04. The first-order chi connectivity index (χ1) is 6.90. The lowest BCUT2D eigenvalue weighted by molar-refractivity contribution is 1.33. The molecule has 2 aromatic rings. The van der Waals surface area contributed by atoms with E-state index in [0.29, 0.717) is 0 Å². The van der Waals surface area contributed by atoms with Crippen molar-refractivity contribution in [2.45, 2.75) is 0 Å². The summed E-state index contributed by atoms with van der Waals surface area (Å²) in [6.45, 7) is 3.55. The predicted octanol–water partition coefficient (Wildman–Crippen LogP) is 3.61. The maximum absolute atomic E-state index is 3.99. The predicted molar refractivity (Wildman–Crippen MR) is 61.2 cm³/mol. The molecule has 0 aliphatic carbocycles. The summed E-state index contributed by atoms with van der Waals surface area (Å²) >= 11 is 1.69. The van der Waals surface area contributed by atoms with E-state index < -0.39 is 0 Å². The Balaban J connectivity index is 2.39. The van der Waals surface area contributed by atoms with Gasteiger partial charge in [0.25, 0.3) is 0 Å². The van der Waals surface area contributed by atoms with Crippen molar-refractivity contribution in [1.82, 2.24) is 4.98 Å². The van der Waals surface area contributed by atoms with Gasteiger partial charge in [0.1, 0.15) is 0 Å². The highest BCUT2D eigenvalue weighted by atomic mass is 32.1. The molecule has 2 heterocycles. The van der Waals surface area contributed by atoms with E-state index in [9.17, 15) is 0 Å². The summed E-state index contributed by atoms with van der Waals surface area (Å²) in [5.74, 6) is 0. The lowest BCUT2D eigenvalue weighted by Gasteiger charge is -1.93. The zero-order valence-corrected chi connectivity index (χ0v) is 8.42. The molecule has 0 unspecified atom stereocenters. The number of nitrogens with zero attached hydrogens (tertiary/aromatic N) is 1. The third-order valence-electron chi connectivity index (χ3n) is 1.88. The van der Waals surface area contributed by atoms with Crippen molar-refractivity contribution in [2.75, 3.05) is 0 Å². The Hall–Kier alpha value is -1.63. The summed E-state index contributed by atoms with van der Waals surface area (Å²) in [6, 6.07) is 6.13. The number of hydrogen-bond acceptors (Lipinski definition) is 2. The van der Waals surface area contributed by atoms with Crippen LogP contribution in [0.3, 0.4) is 0 Å². The van der Waals surface area contributed by atoms with Crippen LogP contribution in [0.1, 0.15) is 4.88 Å². The quantitative estimate of drug-likeness (QED) is 0.673. The number of thiophene rings is 1. The van der Waals surface area contributed by atoms with Gasteiger partial charge in [-0.2, -0.15) is 0 Å². The molecule has 0 aliphatic heterocycles. The minimum absolute atomic E-state index is 1.17. The molecule has 0 bridgehead atoms. The third kappa shape index (κ3) is 1.82. The summed E-state index contributed by atoms with van der Waals surface area (Å²) < 4.78 is 0. The van der Waals surface area contributed by atoms with Crippen molar-refractivity contribution in [3.63, 3.8) is 0 Å². The van der Waals surface area contributed by atoms with Gasteiger partial charge in [-0.25, -0.2) is 0 Å². The normalized spacial score (nSPS) is 9.43. The number of pyridine rings is 1. The molecule has 0 fully saturated rings. The summed E-state index contributed by atoms with van der Waals surface area (Å²) in [5, 5.41) is 2.12. The zero-order valence-electron chi connectivity index (χ0n) is 7.60. The van der Waals surface area contributed by atoms with E-state index >= 15 is 0 Å². The van der Waals surface area contributed by atoms with Gasteiger partial charge in [0.05, 0.1) is 0 Å². The molecule has 0 amide bonds. The van der Waals surface area contributed by atoms with Crippen molar-refractivity contribution in [3.05, 3.63) is 53.2 Å². The van der Waals surface area contributed by atoms with Crippen LogP contribution >= 0.6 is 11.3 Å². The molecule has 0 aliphatic rings. The van der Waals surface area contributed by atoms with Gasteiger partial charge in [-0.3, -0.25) is 4.98 Å². The second-order valence-corrected chi connectivity index (χ2v) is 3.76. The molecule has 14 heavy (non-hydrogen) atoms. The average molecular weight is 199 g/mol. The number of aromatic nitrogens is 1. The largest absolute Gasteiger partial charge is 0.265 e. The molecule has 0 saturated carbocycles. The molecule has 0 atom stereocenters. The average Bonchev–Trinajstić information content (AvgIpc) is 2.68. The van der Waals surface area contributed by atoms with Gasteiger partial charge in [0.2, 0.25) is 0 Å². The fourth-order valence-electron chi connectivity index (χ4n) is 1.22. The Kier molecular flexibility index (Phi) is 2.59. The van der Waals surface area contributed by atoms with Crippen molar-refractivity contribution in [2.24, 2.45) is 0 Å². The van der Waals surface area contributed by atoms with E-state index in [4.69, 9.17) is 0 Å². The van der Waals surface area contributed by atoms with Crippen LogP contribution in [-0.4, -0.2) is 4.98 Å². The first-order valence-electron chi connectivity index (χ1n) is 4.25. The molecule has 2 rings (SSSR count). The second-order valence-electron chi connectivity index (χ2n) is 2.82. The Morgan fingerprint density at radius 1 is 1.29 bits per heavy atom. The first kappa shape index (κ1) is 8.95. The van der Waals surface area contributed by atoms with E-state index in [0.717, 1.165) is 0 Å². The van der Waals surface area contributed by atoms with E-state index in [1.807, 2.05) is 18.2 Å². The number of rotatable bonds is 2. The van der Waals surface area contributed by atoms with Gasteiger partial charge in [-0.1, -0.05) is 6.58 Å².